The zero-order valence-electron chi connectivity index (χ0n) is 14.0. The molecule has 1 aliphatic carbocycles. The molecule has 0 fully saturated rings. The summed E-state index contributed by atoms with van der Waals surface area (Å²) in [6.07, 6.45) is 3.68. The number of rotatable bonds is 7. The summed E-state index contributed by atoms with van der Waals surface area (Å²) in [6, 6.07) is -0.00623. The minimum absolute atomic E-state index is 0.00623. The second-order valence-corrected chi connectivity index (χ2v) is 5.56. The number of ether oxygens (including phenoxy) is 1. The van der Waals surface area contributed by atoms with Gasteiger partial charge in [0.05, 0.1) is 17.7 Å². The number of allylic oxidation sites excluding steroid dienone is 2. The molecule has 0 aromatic carbocycles. The summed E-state index contributed by atoms with van der Waals surface area (Å²) >= 11 is 11.7. The highest BCUT2D eigenvalue weighted by Gasteiger charge is 2.30. The first-order chi connectivity index (χ1) is 11.4. The summed E-state index contributed by atoms with van der Waals surface area (Å²) in [5, 5.41) is 14.3. The molecular formula is C15H20Cl2N4O3. The molecule has 1 heterocycles. The Hall–Kier alpha value is -1.86. The Morgan fingerprint density at radius 3 is 2.67 bits per heavy atom. The van der Waals surface area contributed by atoms with Crippen LogP contribution >= 0.6 is 23.2 Å². The Labute approximate surface area is 150 Å². The van der Waals surface area contributed by atoms with Crippen LogP contribution in [-0.4, -0.2) is 27.5 Å². The van der Waals surface area contributed by atoms with Crippen LogP contribution in [0.3, 0.4) is 0 Å². The van der Waals surface area contributed by atoms with Crippen LogP contribution in [-0.2, 0) is 4.74 Å². The van der Waals surface area contributed by atoms with Crippen molar-refractivity contribution in [2.24, 2.45) is 0 Å². The van der Waals surface area contributed by atoms with Gasteiger partial charge in [-0.2, -0.15) is 4.98 Å². The fraction of sp³-hybridized carbons (Fsp3) is 0.467. The Morgan fingerprint density at radius 2 is 2.08 bits per heavy atom. The molecule has 0 aliphatic heterocycles. The molecule has 0 amide bonds. The van der Waals surface area contributed by atoms with E-state index in [2.05, 4.69) is 15.3 Å². The topological polar surface area (TPSA) is 90.2 Å². The molecule has 1 aliphatic rings. The summed E-state index contributed by atoms with van der Waals surface area (Å²) < 4.78 is 5.41. The van der Waals surface area contributed by atoms with Crippen LogP contribution in [0.25, 0.3) is 0 Å². The first kappa shape index (κ1) is 20.2. The monoisotopic (exact) mass is 374 g/mol. The van der Waals surface area contributed by atoms with E-state index in [0.29, 0.717) is 35.2 Å². The minimum atomic E-state index is -0.436. The van der Waals surface area contributed by atoms with Gasteiger partial charge in [-0.1, -0.05) is 25.4 Å². The van der Waals surface area contributed by atoms with E-state index in [9.17, 15) is 10.1 Å². The van der Waals surface area contributed by atoms with Gasteiger partial charge >= 0.3 is 5.70 Å². The van der Waals surface area contributed by atoms with Crippen LogP contribution in [0.2, 0.25) is 10.3 Å². The predicted molar refractivity (Wildman–Crippen MR) is 94.8 cm³/mol. The zero-order chi connectivity index (χ0) is 18.3. The Bertz CT molecular complexity index is 662. The average Bonchev–Trinajstić information content (AvgIpc) is 2.51. The molecule has 7 nitrogen and oxygen atoms in total. The van der Waals surface area contributed by atoms with Crippen molar-refractivity contribution in [2.45, 2.75) is 40.2 Å². The first-order valence-corrected chi connectivity index (χ1v) is 8.28. The van der Waals surface area contributed by atoms with Gasteiger partial charge in [0.1, 0.15) is 10.8 Å². The van der Waals surface area contributed by atoms with Gasteiger partial charge in [0.15, 0.2) is 5.76 Å². The number of nitrogens with one attached hydrogen (secondary N) is 1. The van der Waals surface area contributed by atoms with Crippen LogP contribution in [0.1, 0.15) is 34.1 Å². The number of aromatic nitrogens is 2. The molecule has 0 spiro atoms. The largest absolute Gasteiger partial charge is 0.487 e. The maximum absolute atomic E-state index is 10.8. The van der Waals surface area contributed by atoms with E-state index in [-0.39, 0.29) is 17.0 Å². The third kappa shape index (κ3) is 5.35. The van der Waals surface area contributed by atoms with Crippen LogP contribution in [0, 0.1) is 10.1 Å². The Balaban J connectivity index is 0.00000139. The number of nitro groups is 1. The Kier molecular flexibility index (Phi) is 7.94. The van der Waals surface area contributed by atoms with Gasteiger partial charge in [0.25, 0.3) is 0 Å². The van der Waals surface area contributed by atoms with E-state index in [0.717, 1.165) is 0 Å². The third-order valence-corrected chi connectivity index (χ3v) is 3.50. The van der Waals surface area contributed by atoms with Crippen LogP contribution in [0.5, 0.6) is 0 Å². The SMILES string of the molecule is CC.CC1=C([N+](=O)[O-])C(OCCC(C)Nc2nc(Cl)ncc2Cl)=C1. The van der Waals surface area contributed by atoms with Crippen molar-refractivity contribution >= 4 is 29.0 Å². The summed E-state index contributed by atoms with van der Waals surface area (Å²) in [7, 11) is 0. The van der Waals surface area contributed by atoms with E-state index in [1.165, 1.54) is 6.20 Å². The molecule has 0 saturated heterocycles. The summed E-state index contributed by atoms with van der Waals surface area (Å²) in [4.78, 5) is 18.1. The van der Waals surface area contributed by atoms with Gasteiger partial charge in [-0.25, -0.2) is 4.98 Å². The van der Waals surface area contributed by atoms with Crippen molar-refractivity contribution in [3.05, 3.63) is 49.7 Å². The lowest BCUT2D eigenvalue weighted by Gasteiger charge is -2.18. The van der Waals surface area contributed by atoms with Crippen molar-refractivity contribution in [1.29, 1.82) is 0 Å². The molecule has 0 radical (unpaired) electrons. The normalized spacial score (nSPS) is 14.0. The van der Waals surface area contributed by atoms with Crippen LogP contribution in [0.4, 0.5) is 5.82 Å². The highest BCUT2D eigenvalue weighted by atomic mass is 35.5. The smallest absolute Gasteiger partial charge is 0.313 e. The molecule has 24 heavy (non-hydrogen) atoms. The van der Waals surface area contributed by atoms with Crippen molar-refractivity contribution in [3.8, 4) is 0 Å². The standard InChI is InChI=1S/C13H14Cl2N4O3.C2H6/c1-7-5-10(11(7)19(20)21)22-4-3-8(2)17-12-9(14)6-16-13(15)18-12;1-2/h5-6,8H,3-4H2,1-2H3,(H,16,17,18);1-2H3. The average molecular weight is 375 g/mol. The maximum atomic E-state index is 10.8. The van der Waals surface area contributed by atoms with Gasteiger partial charge in [-0.05, 0) is 31.5 Å². The molecule has 1 aromatic rings. The molecule has 1 N–H and O–H groups in total. The lowest BCUT2D eigenvalue weighted by Crippen LogP contribution is -2.20. The van der Waals surface area contributed by atoms with E-state index < -0.39 is 4.92 Å². The van der Waals surface area contributed by atoms with E-state index >= 15 is 0 Å². The lowest BCUT2D eigenvalue weighted by atomic mass is 10.0. The highest BCUT2D eigenvalue weighted by molar-refractivity contribution is 6.33. The number of nitrogens with zero attached hydrogens (tertiary/aromatic N) is 3. The second-order valence-electron chi connectivity index (χ2n) is 4.82. The molecule has 132 valence electrons. The van der Waals surface area contributed by atoms with Gasteiger partial charge < -0.3 is 10.1 Å². The highest BCUT2D eigenvalue weighted by Crippen LogP contribution is 2.28. The quantitative estimate of drug-likeness (QED) is 0.430. The molecule has 1 atom stereocenters. The van der Waals surface area contributed by atoms with Crippen molar-refractivity contribution in [1.82, 2.24) is 9.97 Å². The third-order valence-electron chi connectivity index (χ3n) is 3.04. The number of anilines is 1. The van der Waals surface area contributed by atoms with E-state index in [4.69, 9.17) is 27.9 Å². The molecule has 0 saturated carbocycles. The van der Waals surface area contributed by atoms with Crippen molar-refractivity contribution in [2.75, 3.05) is 11.9 Å². The lowest BCUT2D eigenvalue weighted by molar-refractivity contribution is -0.427. The van der Waals surface area contributed by atoms with Crippen molar-refractivity contribution < 1.29 is 9.66 Å². The molecular weight excluding hydrogens is 355 g/mol. The second kappa shape index (κ2) is 9.44. The maximum Gasteiger partial charge on any atom is 0.313 e. The molecule has 9 heteroatoms. The first-order valence-electron chi connectivity index (χ1n) is 7.53. The summed E-state index contributed by atoms with van der Waals surface area (Å²) in [5.74, 6) is 0.761. The molecule has 0 bridgehead atoms. The number of hydrogen-bond donors (Lipinski definition) is 1. The van der Waals surface area contributed by atoms with E-state index in [1.54, 1.807) is 13.0 Å². The van der Waals surface area contributed by atoms with Gasteiger partial charge in [0, 0.05) is 18.0 Å². The summed E-state index contributed by atoms with van der Waals surface area (Å²) in [5.41, 5.74) is 0.667. The van der Waals surface area contributed by atoms with Gasteiger partial charge in [-0.15, -0.1) is 0 Å². The minimum Gasteiger partial charge on any atom is -0.487 e. The van der Waals surface area contributed by atoms with Crippen LogP contribution < -0.4 is 5.32 Å². The zero-order valence-corrected chi connectivity index (χ0v) is 15.5. The van der Waals surface area contributed by atoms with Crippen LogP contribution in [0.15, 0.2) is 29.3 Å². The fourth-order valence-electron chi connectivity index (χ4n) is 1.89. The number of halogens is 2. The van der Waals surface area contributed by atoms with Crippen molar-refractivity contribution in [3.63, 3.8) is 0 Å². The van der Waals surface area contributed by atoms with E-state index in [1.807, 2.05) is 20.8 Å². The number of hydrogen-bond acceptors (Lipinski definition) is 6. The molecule has 2 rings (SSSR count). The predicted octanol–water partition coefficient (Wildman–Crippen LogP) is 4.46. The molecule has 1 aromatic heterocycles. The fourth-order valence-corrected chi connectivity index (χ4v) is 2.17. The Morgan fingerprint density at radius 1 is 1.42 bits per heavy atom. The summed E-state index contributed by atoms with van der Waals surface area (Å²) in [6.45, 7) is 7.93. The van der Waals surface area contributed by atoms with Gasteiger partial charge in [-0.3, -0.25) is 10.1 Å². The van der Waals surface area contributed by atoms with Gasteiger partial charge in [0.2, 0.25) is 5.28 Å². The molecule has 1 unspecified atom stereocenters.